The van der Waals surface area contributed by atoms with Crippen LogP contribution in [0.1, 0.15) is 25.7 Å². The third kappa shape index (κ3) is 8.87. The Morgan fingerprint density at radius 1 is 0.939 bits per heavy atom. The van der Waals surface area contributed by atoms with E-state index in [0.29, 0.717) is 6.42 Å². The van der Waals surface area contributed by atoms with Crippen molar-refractivity contribution in [3.05, 3.63) is 0 Å². The average Bonchev–Trinajstić information content (AvgIpc) is 2.74. The monoisotopic (exact) mass is 477 g/mol. The van der Waals surface area contributed by atoms with Crippen LogP contribution in [0.25, 0.3) is 0 Å². The fourth-order valence-electron chi connectivity index (χ4n) is 2.84. The zero-order valence-electron chi connectivity index (χ0n) is 17.7. The molecule has 33 heavy (non-hydrogen) atoms. The Labute approximate surface area is 188 Å². The summed E-state index contributed by atoms with van der Waals surface area (Å²) in [5.74, 6) is -4.02. The lowest BCUT2D eigenvalue weighted by Gasteiger charge is -2.37. The number of aliphatic hydroxyl groups excluding tert-OH is 4. The van der Waals surface area contributed by atoms with Crippen molar-refractivity contribution in [1.82, 2.24) is 10.6 Å². The molecule has 1 saturated heterocycles. The molecule has 0 bridgehead atoms. The largest absolute Gasteiger partial charge is 0.387 e. The van der Waals surface area contributed by atoms with Gasteiger partial charge < -0.3 is 53.4 Å². The number of guanidine groups is 1. The highest BCUT2D eigenvalue weighted by Crippen LogP contribution is 2.20. The molecule has 1 rings (SSSR count). The van der Waals surface area contributed by atoms with E-state index in [1.54, 1.807) is 0 Å². The van der Waals surface area contributed by atoms with Gasteiger partial charge in [-0.25, -0.2) is 0 Å². The summed E-state index contributed by atoms with van der Waals surface area (Å²) >= 11 is 0. The minimum absolute atomic E-state index is 0.123. The minimum Gasteiger partial charge on any atom is -0.387 e. The number of ether oxygens (including phenoxy) is 1. The van der Waals surface area contributed by atoms with Gasteiger partial charge in [0, 0.05) is 13.0 Å². The number of hydrogen-bond donors (Lipinski definition) is 10. The molecule has 14 N–H and O–H groups in total. The first kappa shape index (κ1) is 28.1. The Morgan fingerprint density at radius 2 is 1.58 bits per heavy atom. The van der Waals surface area contributed by atoms with Crippen molar-refractivity contribution >= 4 is 29.6 Å². The lowest BCUT2D eigenvalue weighted by atomic mass is 9.98. The molecule has 16 nitrogen and oxygen atoms in total. The molecule has 1 heterocycles. The minimum atomic E-state index is -2.00. The van der Waals surface area contributed by atoms with E-state index in [9.17, 15) is 39.6 Å². The molecule has 0 saturated carbocycles. The van der Waals surface area contributed by atoms with E-state index in [1.807, 2.05) is 5.32 Å². The molecule has 0 aromatic rings. The van der Waals surface area contributed by atoms with Gasteiger partial charge in [0.1, 0.15) is 24.4 Å². The lowest BCUT2D eigenvalue weighted by molar-refractivity contribution is -0.275. The summed E-state index contributed by atoms with van der Waals surface area (Å²) in [6.07, 6.45) is -9.77. The van der Waals surface area contributed by atoms with Crippen LogP contribution in [0.3, 0.4) is 0 Å². The highest BCUT2D eigenvalue weighted by Gasteiger charge is 2.46. The number of aliphatic hydroxyl groups is 4. The van der Waals surface area contributed by atoms with Crippen LogP contribution in [-0.4, -0.2) is 99.3 Å². The van der Waals surface area contributed by atoms with Gasteiger partial charge in [0.25, 0.3) is 5.91 Å². The summed E-state index contributed by atoms with van der Waals surface area (Å²) < 4.78 is 4.73. The Bertz CT molecular complexity index is 746. The molecule has 4 amide bonds. The molecule has 0 aromatic carbocycles. The molecule has 0 aliphatic carbocycles. The van der Waals surface area contributed by atoms with Crippen molar-refractivity contribution in [1.29, 1.82) is 0 Å². The van der Waals surface area contributed by atoms with Gasteiger partial charge in [0.05, 0.1) is 6.04 Å². The molecule has 1 aliphatic heterocycles. The summed E-state index contributed by atoms with van der Waals surface area (Å²) in [7, 11) is 0. The molecule has 4 unspecified atom stereocenters. The van der Waals surface area contributed by atoms with Crippen molar-refractivity contribution in [3.8, 4) is 0 Å². The molecule has 0 aromatic heterocycles. The maximum absolute atomic E-state index is 12.5. The fraction of sp³-hybridized carbons (Fsp3) is 0.706. The number of nitrogens with two attached hydrogens (primary N) is 4. The number of nitrogens with zero attached hydrogens (tertiary/aromatic N) is 1. The highest BCUT2D eigenvalue weighted by molar-refractivity contribution is 6.01. The zero-order valence-corrected chi connectivity index (χ0v) is 17.7. The van der Waals surface area contributed by atoms with Gasteiger partial charge in [-0.1, -0.05) is 0 Å². The van der Waals surface area contributed by atoms with Crippen molar-refractivity contribution in [2.24, 2.45) is 27.9 Å². The van der Waals surface area contributed by atoms with E-state index in [0.717, 1.165) is 0 Å². The predicted octanol–water partition coefficient (Wildman–Crippen LogP) is -6.44. The second-order valence-corrected chi connectivity index (χ2v) is 7.39. The first-order valence-corrected chi connectivity index (χ1v) is 9.97. The summed E-state index contributed by atoms with van der Waals surface area (Å²) in [5.41, 5.74) is 21.2. The van der Waals surface area contributed by atoms with Crippen molar-refractivity contribution in [2.75, 3.05) is 6.54 Å². The van der Waals surface area contributed by atoms with Crippen LogP contribution in [0.5, 0.6) is 0 Å². The normalized spacial score (nSPS) is 26.5. The summed E-state index contributed by atoms with van der Waals surface area (Å²) in [6.45, 7) is 0.222. The lowest BCUT2D eigenvalue weighted by Crippen LogP contribution is -2.63. The number of carbonyl (C=O) groups is 4. The predicted molar refractivity (Wildman–Crippen MR) is 110 cm³/mol. The molecule has 7 atom stereocenters. The van der Waals surface area contributed by atoms with Crippen LogP contribution in [0.4, 0.5) is 0 Å². The van der Waals surface area contributed by atoms with Gasteiger partial charge in [0.2, 0.25) is 17.7 Å². The first-order chi connectivity index (χ1) is 15.3. The van der Waals surface area contributed by atoms with E-state index in [-0.39, 0.29) is 31.8 Å². The Morgan fingerprint density at radius 3 is 2.15 bits per heavy atom. The van der Waals surface area contributed by atoms with Crippen LogP contribution in [0.2, 0.25) is 0 Å². The Balaban J connectivity index is 2.77. The number of carbonyl (C=O) groups excluding carboxylic acids is 4. The molecule has 188 valence electrons. The summed E-state index contributed by atoms with van der Waals surface area (Å²) in [5, 5.41) is 42.7. The zero-order chi connectivity index (χ0) is 25.3. The summed E-state index contributed by atoms with van der Waals surface area (Å²) in [4.78, 5) is 52.0. The molecule has 1 aliphatic rings. The van der Waals surface area contributed by atoms with Crippen LogP contribution in [0.15, 0.2) is 4.99 Å². The number of hydrogen-bond acceptors (Lipinski definition) is 11. The first-order valence-electron chi connectivity index (χ1n) is 9.97. The molecular formula is C17H31N7O9. The molecule has 16 heteroatoms. The standard InChI is InChI=1S/C17H31N7O9/c18-6(2-1-5-22-17(20)21)13(29)23-7(3-4-8(19)25)14(30)24-15(31)12-10(27)9(26)11(28)16(32)33-12/h6-7,9-12,16,26-28,32H,1-5,18H2,(H2,19,25)(H,23,29)(H4,20,21,22)(H,24,30,31)/t6?,7?,9-,10+,11?,12?,16-/m1/s1. The van der Waals surface area contributed by atoms with Crippen molar-refractivity contribution in [3.63, 3.8) is 0 Å². The van der Waals surface area contributed by atoms with Crippen molar-refractivity contribution in [2.45, 2.75) is 68.5 Å². The third-order valence-corrected chi connectivity index (χ3v) is 4.71. The average molecular weight is 477 g/mol. The number of amides is 4. The SMILES string of the molecule is NC(=O)CCC(NC(=O)C(N)CCCN=C(N)N)C(=O)NC(=O)C1O[C@@H](O)C(O)[C@H](O)[C@@H]1O. The van der Waals surface area contributed by atoms with Crippen LogP contribution in [-0.2, 0) is 23.9 Å². The topological polar surface area (TPSA) is 299 Å². The Hall–Kier alpha value is -2.89. The van der Waals surface area contributed by atoms with E-state index in [2.05, 4.69) is 10.3 Å². The van der Waals surface area contributed by atoms with E-state index in [4.69, 9.17) is 27.7 Å². The number of aliphatic imine (C=N–C) groups is 1. The van der Waals surface area contributed by atoms with E-state index in [1.165, 1.54) is 0 Å². The smallest absolute Gasteiger partial charge is 0.258 e. The Kier molecular flexibility index (Phi) is 11.1. The van der Waals surface area contributed by atoms with Gasteiger partial charge in [-0.15, -0.1) is 0 Å². The van der Waals surface area contributed by atoms with Crippen LogP contribution >= 0.6 is 0 Å². The van der Waals surface area contributed by atoms with Crippen LogP contribution in [0, 0.1) is 0 Å². The van der Waals surface area contributed by atoms with Gasteiger partial charge in [-0.05, 0) is 19.3 Å². The second-order valence-electron chi connectivity index (χ2n) is 7.39. The molecular weight excluding hydrogens is 446 g/mol. The summed E-state index contributed by atoms with van der Waals surface area (Å²) in [6, 6.07) is -2.48. The van der Waals surface area contributed by atoms with E-state index >= 15 is 0 Å². The fourth-order valence-corrected chi connectivity index (χ4v) is 2.84. The number of rotatable bonds is 11. The number of primary amides is 1. The third-order valence-electron chi connectivity index (χ3n) is 4.71. The number of imide groups is 1. The quantitative estimate of drug-likeness (QED) is 0.0754. The highest BCUT2D eigenvalue weighted by atomic mass is 16.6. The van der Waals surface area contributed by atoms with Gasteiger partial charge in [0.15, 0.2) is 18.4 Å². The van der Waals surface area contributed by atoms with Crippen LogP contribution < -0.4 is 33.6 Å². The number of nitrogens with one attached hydrogen (secondary N) is 2. The van der Waals surface area contributed by atoms with Crippen molar-refractivity contribution < 1.29 is 44.3 Å². The maximum Gasteiger partial charge on any atom is 0.258 e. The second kappa shape index (κ2) is 13.0. The van der Waals surface area contributed by atoms with Gasteiger partial charge in [-0.2, -0.15) is 0 Å². The molecule has 0 radical (unpaired) electrons. The van der Waals surface area contributed by atoms with Gasteiger partial charge in [-0.3, -0.25) is 29.5 Å². The molecule has 0 spiro atoms. The van der Waals surface area contributed by atoms with E-state index < -0.39 is 66.4 Å². The van der Waals surface area contributed by atoms with Gasteiger partial charge >= 0.3 is 0 Å². The molecule has 1 fully saturated rings. The maximum atomic E-state index is 12.5.